The Hall–Kier alpha value is -2.60. The van der Waals surface area contributed by atoms with Crippen LogP contribution in [0.15, 0.2) is 37.2 Å². The molecule has 1 fully saturated rings. The second-order valence-corrected chi connectivity index (χ2v) is 8.80. The molecule has 0 spiro atoms. The van der Waals surface area contributed by atoms with Crippen LogP contribution < -0.4 is 4.90 Å². The zero-order valence-electron chi connectivity index (χ0n) is 17.0. The highest BCUT2D eigenvalue weighted by molar-refractivity contribution is 6.37. The quantitative estimate of drug-likeness (QED) is 0.415. The van der Waals surface area contributed by atoms with E-state index in [2.05, 4.69) is 27.5 Å². The summed E-state index contributed by atoms with van der Waals surface area (Å²) >= 11 is 6.37. The maximum atomic E-state index is 13.0. The molecule has 1 saturated heterocycles. The van der Waals surface area contributed by atoms with Gasteiger partial charge in [0, 0.05) is 24.2 Å². The van der Waals surface area contributed by atoms with Crippen molar-refractivity contribution in [3.63, 3.8) is 0 Å². The minimum absolute atomic E-state index is 0.321. The van der Waals surface area contributed by atoms with Gasteiger partial charge in [0.2, 0.25) is 0 Å². The van der Waals surface area contributed by atoms with E-state index in [4.69, 9.17) is 16.3 Å². The van der Waals surface area contributed by atoms with Gasteiger partial charge in [-0.2, -0.15) is 0 Å². The molecular formula is C22H25ClN4O2. The number of piperidine rings is 1. The fraction of sp³-hybridized carbons (Fsp3) is 0.409. The normalized spacial score (nSPS) is 15.8. The Morgan fingerprint density at radius 1 is 1.28 bits per heavy atom. The molecule has 29 heavy (non-hydrogen) atoms. The van der Waals surface area contributed by atoms with E-state index in [1.54, 1.807) is 0 Å². The molecule has 3 aromatic rings. The molecule has 1 aliphatic rings. The van der Waals surface area contributed by atoms with Crippen LogP contribution >= 0.6 is 11.6 Å². The molecule has 7 heteroatoms. The van der Waals surface area contributed by atoms with E-state index in [0.29, 0.717) is 22.1 Å². The van der Waals surface area contributed by atoms with Gasteiger partial charge < -0.3 is 9.64 Å². The number of hydrogen-bond donors (Lipinski definition) is 0. The van der Waals surface area contributed by atoms with E-state index in [1.165, 1.54) is 10.9 Å². The summed E-state index contributed by atoms with van der Waals surface area (Å²) in [5.41, 5.74) is 1.62. The summed E-state index contributed by atoms with van der Waals surface area (Å²) in [7, 11) is 0. The first kappa shape index (κ1) is 19.7. The number of anilines is 1. The number of fused-ring (bicyclic) bond motifs is 3. The maximum absolute atomic E-state index is 13.0. The zero-order chi connectivity index (χ0) is 20.8. The number of halogens is 1. The van der Waals surface area contributed by atoms with Gasteiger partial charge in [-0.05, 0) is 57.7 Å². The average Bonchev–Trinajstić information content (AvgIpc) is 3.01. The molecule has 4 rings (SSSR count). The van der Waals surface area contributed by atoms with Gasteiger partial charge in [0.15, 0.2) is 5.65 Å². The van der Waals surface area contributed by atoms with Crippen LogP contribution in [0.4, 0.5) is 10.5 Å². The second-order valence-electron chi connectivity index (χ2n) is 8.44. The molecule has 0 bridgehead atoms. The number of carbonyl (C=O) groups excluding carboxylic acids is 1. The SMILES string of the molecule is C=CC1CCN(c2ccc3c4c(Cl)ncnc4n(C(=O)OC(C)(C)C)c3c2)CC1. The van der Waals surface area contributed by atoms with Gasteiger partial charge >= 0.3 is 6.09 Å². The van der Waals surface area contributed by atoms with Crippen molar-refractivity contribution in [3.8, 4) is 0 Å². The summed E-state index contributed by atoms with van der Waals surface area (Å²) in [6.45, 7) is 11.4. The van der Waals surface area contributed by atoms with Gasteiger partial charge in [0.05, 0.1) is 10.9 Å². The summed E-state index contributed by atoms with van der Waals surface area (Å²) < 4.78 is 7.15. The van der Waals surface area contributed by atoms with Gasteiger partial charge in [-0.15, -0.1) is 6.58 Å². The van der Waals surface area contributed by atoms with Crippen LogP contribution in [-0.4, -0.2) is 39.3 Å². The summed E-state index contributed by atoms with van der Waals surface area (Å²) in [4.78, 5) is 23.8. The van der Waals surface area contributed by atoms with Crippen LogP contribution in [-0.2, 0) is 4.74 Å². The van der Waals surface area contributed by atoms with Crippen LogP contribution in [0.25, 0.3) is 21.9 Å². The molecule has 1 aliphatic heterocycles. The van der Waals surface area contributed by atoms with Crippen molar-refractivity contribution in [1.82, 2.24) is 14.5 Å². The minimum Gasteiger partial charge on any atom is -0.443 e. The highest BCUT2D eigenvalue weighted by Gasteiger charge is 2.25. The molecule has 0 saturated carbocycles. The minimum atomic E-state index is -0.624. The lowest BCUT2D eigenvalue weighted by Gasteiger charge is -2.32. The fourth-order valence-corrected chi connectivity index (χ4v) is 4.10. The molecule has 152 valence electrons. The smallest absolute Gasteiger partial charge is 0.420 e. The lowest BCUT2D eigenvalue weighted by molar-refractivity contribution is 0.0550. The Balaban J connectivity index is 1.85. The zero-order valence-corrected chi connectivity index (χ0v) is 17.7. The van der Waals surface area contributed by atoms with Crippen LogP contribution in [0.5, 0.6) is 0 Å². The number of aromatic nitrogens is 3. The number of rotatable bonds is 2. The van der Waals surface area contributed by atoms with E-state index >= 15 is 0 Å². The highest BCUT2D eigenvalue weighted by atomic mass is 35.5. The predicted octanol–water partition coefficient (Wildman–Crippen LogP) is 5.42. The first-order valence-corrected chi connectivity index (χ1v) is 10.2. The van der Waals surface area contributed by atoms with E-state index < -0.39 is 11.7 Å². The van der Waals surface area contributed by atoms with Crippen LogP contribution in [0.3, 0.4) is 0 Å². The molecule has 1 aromatic carbocycles. The number of carbonyl (C=O) groups is 1. The first-order valence-electron chi connectivity index (χ1n) is 9.84. The van der Waals surface area contributed by atoms with Gasteiger partial charge in [-0.1, -0.05) is 17.7 Å². The van der Waals surface area contributed by atoms with Gasteiger partial charge in [0.25, 0.3) is 0 Å². The number of ether oxygens (including phenoxy) is 1. The highest BCUT2D eigenvalue weighted by Crippen LogP contribution is 2.35. The fourth-order valence-electron chi connectivity index (χ4n) is 3.87. The van der Waals surface area contributed by atoms with Crippen LogP contribution in [0, 0.1) is 5.92 Å². The summed E-state index contributed by atoms with van der Waals surface area (Å²) in [5, 5.41) is 1.81. The number of hydrogen-bond acceptors (Lipinski definition) is 5. The van der Waals surface area contributed by atoms with Crippen molar-refractivity contribution >= 4 is 45.3 Å². The number of allylic oxidation sites excluding steroid dienone is 1. The van der Waals surface area contributed by atoms with Crippen LogP contribution in [0.2, 0.25) is 5.15 Å². The molecule has 0 N–H and O–H groups in total. The monoisotopic (exact) mass is 412 g/mol. The largest absolute Gasteiger partial charge is 0.443 e. The average molecular weight is 413 g/mol. The lowest BCUT2D eigenvalue weighted by atomic mass is 9.96. The third-order valence-corrected chi connectivity index (χ3v) is 5.59. The molecule has 0 amide bonds. The van der Waals surface area contributed by atoms with Crippen molar-refractivity contribution in [1.29, 1.82) is 0 Å². The van der Waals surface area contributed by atoms with E-state index in [-0.39, 0.29) is 0 Å². The number of nitrogens with zero attached hydrogens (tertiary/aromatic N) is 4. The van der Waals surface area contributed by atoms with E-state index in [0.717, 1.165) is 42.5 Å². The van der Waals surface area contributed by atoms with Gasteiger partial charge in [0.1, 0.15) is 17.1 Å². The van der Waals surface area contributed by atoms with E-state index in [9.17, 15) is 4.79 Å². The molecule has 0 unspecified atom stereocenters. The first-order chi connectivity index (χ1) is 13.8. The van der Waals surface area contributed by atoms with Crippen LogP contribution in [0.1, 0.15) is 33.6 Å². The third-order valence-electron chi connectivity index (χ3n) is 5.30. The Labute approximate surface area is 175 Å². The Morgan fingerprint density at radius 2 is 2.00 bits per heavy atom. The maximum Gasteiger partial charge on any atom is 0.420 e. The van der Waals surface area contributed by atoms with Crippen molar-refractivity contribution in [3.05, 3.63) is 42.3 Å². The molecule has 3 heterocycles. The topological polar surface area (TPSA) is 60.2 Å². The van der Waals surface area contributed by atoms with Crippen molar-refractivity contribution in [2.24, 2.45) is 5.92 Å². The van der Waals surface area contributed by atoms with Crippen molar-refractivity contribution < 1.29 is 9.53 Å². The third kappa shape index (κ3) is 3.69. The van der Waals surface area contributed by atoms with E-state index in [1.807, 2.05) is 39.0 Å². The Kier molecular flexibility index (Phi) is 4.99. The predicted molar refractivity (Wildman–Crippen MR) is 117 cm³/mol. The molecule has 6 nitrogen and oxygen atoms in total. The second kappa shape index (κ2) is 7.34. The number of benzene rings is 1. The summed E-state index contributed by atoms with van der Waals surface area (Å²) in [6, 6.07) is 6.08. The molecular weight excluding hydrogens is 388 g/mol. The molecule has 0 atom stereocenters. The van der Waals surface area contributed by atoms with Crippen molar-refractivity contribution in [2.45, 2.75) is 39.2 Å². The lowest BCUT2D eigenvalue weighted by Crippen LogP contribution is -2.33. The van der Waals surface area contributed by atoms with Gasteiger partial charge in [-0.3, -0.25) is 0 Å². The summed E-state index contributed by atoms with van der Waals surface area (Å²) in [5.74, 6) is 0.567. The molecule has 0 aliphatic carbocycles. The van der Waals surface area contributed by atoms with Gasteiger partial charge in [-0.25, -0.2) is 19.3 Å². The molecule has 2 aromatic heterocycles. The van der Waals surface area contributed by atoms with Crippen molar-refractivity contribution in [2.75, 3.05) is 18.0 Å². The standard InChI is InChI=1S/C22H25ClN4O2/c1-5-14-8-10-26(11-9-14)15-6-7-16-17(12-15)27(21(28)29-22(2,3)4)20-18(16)19(23)24-13-25-20/h5-7,12-14H,1,8-11H2,2-4H3. The Morgan fingerprint density at radius 3 is 2.66 bits per heavy atom. The summed E-state index contributed by atoms with van der Waals surface area (Å²) in [6.07, 6.45) is 5.09. The Bertz CT molecular complexity index is 1090. The molecule has 0 radical (unpaired) electrons.